The van der Waals surface area contributed by atoms with E-state index in [0.29, 0.717) is 22.9 Å². The van der Waals surface area contributed by atoms with Gasteiger partial charge in [-0.2, -0.15) is 5.10 Å². The summed E-state index contributed by atoms with van der Waals surface area (Å²) in [5.74, 6) is -0.725. The number of halogens is 2. The molecule has 0 saturated carbocycles. The zero-order valence-electron chi connectivity index (χ0n) is 22.4. The summed E-state index contributed by atoms with van der Waals surface area (Å²) in [4.78, 5) is 25.3. The van der Waals surface area contributed by atoms with E-state index >= 15 is 0 Å². The molecule has 0 radical (unpaired) electrons. The number of carbonyl (C=O) groups excluding carboxylic acids is 2. The first-order valence-corrected chi connectivity index (χ1v) is 14.8. The number of esters is 1. The fourth-order valence-electron chi connectivity index (χ4n) is 3.62. The number of sulfonamides is 1. The summed E-state index contributed by atoms with van der Waals surface area (Å²) in [6.07, 6.45) is 1.39. The van der Waals surface area contributed by atoms with Crippen molar-refractivity contribution in [3.63, 3.8) is 0 Å². The minimum Gasteiger partial charge on any atom is -0.490 e. The topological polar surface area (TPSA) is 123 Å². The Morgan fingerprint density at radius 2 is 1.62 bits per heavy atom. The largest absolute Gasteiger partial charge is 0.490 e. The van der Waals surface area contributed by atoms with E-state index in [-0.39, 0.29) is 32.5 Å². The van der Waals surface area contributed by atoms with Crippen LogP contribution in [0.3, 0.4) is 0 Å². The van der Waals surface area contributed by atoms with Crippen LogP contribution in [0.1, 0.15) is 38.8 Å². The van der Waals surface area contributed by atoms with Crippen molar-refractivity contribution >= 4 is 57.0 Å². The van der Waals surface area contributed by atoms with Crippen molar-refractivity contribution in [2.75, 3.05) is 11.3 Å². The first kappa shape index (κ1) is 30.6. The maximum atomic E-state index is 12.6. The number of hydrogen-bond acceptors (Lipinski definition) is 7. The lowest BCUT2D eigenvalue weighted by Crippen LogP contribution is -2.18. The van der Waals surface area contributed by atoms with Crippen LogP contribution >= 0.6 is 23.2 Å². The highest BCUT2D eigenvalue weighted by atomic mass is 35.5. The molecule has 0 atom stereocenters. The predicted octanol–water partition coefficient (Wildman–Crippen LogP) is 6.48. The molecule has 0 aliphatic carbocycles. The van der Waals surface area contributed by atoms with Gasteiger partial charge in [0.05, 0.1) is 28.3 Å². The zero-order chi connectivity index (χ0) is 30.3. The Labute approximate surface area is 253 Å². The Morgan fingerprint density at radius 1 is 0.905 bits per heavy atom. The second-order valence-corrected chi connectivity index (χ2v) is 11.4. The van der Waals surface area contributed by atoms with Crippen molar-refractivity contribution < 1.29 is 27.5 Å². The molecular formula is C30H25Cl2N3O6S. The van der Waals surface area contributed by atoms with Crippen molar-refractivity contribution in [1.29, 1.82) is 0 Å². The fraction of sp³-hybridized carbons (Fsp3) is 0.100. The summed E-state index contributed by atoms with van der Waals surface area (Å²) in [5.41, 5.74) is 4.64. The Kier molecular flexibility index (Phi) is 9.84. The van der Waals surface area contributed by atoms with E-state index in [2.05, 4.69) is 15.2 Å². The quantitative estimate of drug-likeness (QED) is 0.0899. The second-order valence-electron chi connectivity index (χ2n) is 8.85. The number of rotatable bonds is 10. The van der Waals surface area contributed by atoms with Crippen molar-refractivity contribution in [2.24, 2.45) is 5.10 Å². The Morgan fingerprint density at radius 3 is 2.29 bits per heavy atom. The normalized spacial score (nSPS) is 11.2. The highest BCUT2D eigenvalue weighted by Gasteiger charge is 2.17. The molecule has 2 N–H and O–H groups in total. The first-order chi connectivity index (χ1) is 20.1. The fourth-order valence-corrected chi connectivity index (χ4v) is 5.16. The van der Waals surface area contributed by atoms with Crippen molar-refractivity contribution in [3.8, 4) is 11.5 Å². The summed E-state index contributed by atoms with van der Waals surface area (Å²) in [6, 6.07) is 21.6. The minimum absolute atomic E-state index is 0.133. The van der Waals surface area contributed by atoms with Crippen molar-refractivity contribution in [2.45, 2.75) is 18.7 Å². The Hall–Kier alpha value is -4.38. The van der Waals surface area contributed by atoms with Crippen LogP contribution < -0.4 is 19.6 Å². The highest BCUT2D eigenvalue weighted by Crippen LogP contribution is 2.30. The summed E-state index contributed by atoms with van der Waals surface area (Å²) >= 11 is 12.0. The average molecular weight is 627 g/mol. The number of amides is 1. The molecule has 0 bridgehead atoms. The van der Waals surface area contributed by atoms with Gasteiger partial charge in [-0.15, -0.1) is 0 Å². The second kappa shape index (κ2) is 13.5. The van der Waals surface area contributed by atoms with Crippen LogP contribution in [-0.4, -0.2) is 33.1 Å². The maximum absolute atomic E-state index is 12.6. The summed E-state index contributed by atoms with van der Waals surface area (Å²) in [6.45, 7) is 3.95. The van der Waals surface area contributed by atoms with E-state index in [1.54, 1.807) is 31.2 Å². The molecule has 216 valence electrons. The number of nitrogens with one attached hydrogen (secondary N) is 2. The van der Waals surface area contributed by atoms with Gasteiger partial charge in [-0.1, -0.05) is 40.9 Å². The van der Waals surface area contributed by atoms with Crippen LogP contribution in [0.15, 0.2) is 94.9 Å². The number of aryl methyl sites for hydroxylation is 1. The molecule has 4 aromatic carbocycles. The number of benzene rings is 4. The molecule has 42 heavy (non-hydrogen) atoms. The molecule has 0 aliphatic heterocycles. The highest BCUT2D eigenvalue weighted by molar-refractivity contribution is 7.92. The number of hydrogen-bond donors (Lipinski definition) is 2. The van der Waals surface area contributed by atoms with E-state index in [0.717, 1.165) is 5.56 Å². The summed E-state index contributed by atoms with van der Waals surface area (Å²) < 4.78 is 38.7. The molecule has 9 nitrogen and oxygen atoms in total. The van der Waals surface area contributed by atoms with Crippen LogP contribution in [0.25, 0.3) is 0 Å². The van der Waals surface area contributed by atoms with Crippen LogP contribution in [0.2, 0.25) is 10.0 Å². The number of ether oxygens (including phenoxy) is 2. The monoisotopic (exact) mass is 625 g/mol. The molecule has 0 aromatic heterocycles. The molecule has 0 saturated heterocycles. The SMILES string of the molecule is CCOc1cc(C=NNC(=O)c2ccc(NS(=O)(=O)c3ccc(C)cc3)cc2)ccc1OC(=O)c1ccc(Cl)cc1Cl. The van der Waals surface area contributed by atoms with Crippen LogP contribution in [0, 0.1) is 6.92 Å². The zero-order valence-corrected chi connectivity index (χ0v) is 24.8. The van der Waals surface area contributed by atoms with Crippen LogP contribution in [0.4, 0.5) is 5.69 Å². The predicted molar refractivity (Wildman–Crippen MR) is 163 cm³/mol. The van der Waals surface area contributed by atoms with Gasteiger partial charge < -0.3 is 9.47 Å². The van der Waals surface area contributed by atoms with Gasteiger partial charge in [-0.25, -0.2) is 18.6 Å². The first-order valence-electron chi connectivity index (χ1n) is 12.5. The lowest BCUT2D eigenvalue weighted by atomic mass is 10.2. The van der Waals surface area contributed by atoms with Gasteiger partial charge >= 0.3 is 5.97 Å². The molecule has 0 unspecified atom stereocenters. The minimum atomic E-state index is -3.77. The third-order valence-electron chi connectivity index (χ3n) is 5.73. The van der Waals surface area contributed by atoms with Crippen LogP contribution in [-0.2, 0) is 10.0 Å². The molecule has 0 aliphatic rings. The number of carbonyl (C=O) groups is 2. The molecule has 0 fully saturated rings. The van der Waals surface area contributed by atoms with Gasteiger partial charge in [0.2, 0.25) is 0 Å². The molecule has 4 aromatic rings. The molecule has 0 heterocycles. The molecular weight excluding hydrogens is 601 g/mol. The molecule has 12 heteroatoms. The third-order valence-corrected chi connectivity index (χ3v) is 7.68. The van der Waals surface area contributed by atoms with Crippen molar-refractivity contribution in [1.82, 2.24) is 5.43 Å². The molecule has 0 spiro atoms. The van der Waals surface area contributed by atoms with E-state index in [1.807, 2.05) is 6.92 Å². The standard InChI is InChI=1S/C30H25Cl2N3O6S/c1-3-40-28-16-20(6-15-27(28)41-30(37)25-14-9-22(31)17-26(25)32)18-33-34-29(36)21-7-10-23(11-8-21)35-42(38,39)24-12-4-19(2)5-13-24/h4-18,35H,3H2,1-2H3,(H,34,36). The van der Waals surface area contributed by atoms with Gasteiger partial charge in [0, 0.05) is 16.3 Å². The van der Waals surface area contributed by atoms with E-state index < -0.39 is 21.9 Å². The van der Waals surface area contributed by atoms with E-state index in [1.165, 1.54) is 66.9 Å². The Balaban J connectivity index is 1.38. The third kappa shape index (κ3) is 7.88. The smallest absolute Gasteiger partial charge is 0.345 e. The lowest BCUT2D eigenvalue weighted by Gasteiger charge is -2.12. The summed E-state index contributed by atoms with van der Waals surface area (Å²) in [7, 11) is -3.77. The average Bonchev–Trinajstić information content (AvgIpc) is 2.95. The van der Waals surface area contributed by atoms with Gasteiger partial charge in [-0.05, 0) is 92.2 Å². The van der Waals surface area contributed by atoms with E-state index in [4.69, 9.17) is 32.7 Å². The van der Waals surface area contributed by atoms with Gasteiger partial charge in [-0.3, -0.25) is 9.52 Å². The van der Waals surface area contributed by atoms with Gasteiger partial charge in [0.25, 0.3) is 15.9 Å². The maximum Gasteiger partial charge on any atom is 0.345 e. The number of nitrogens with zero attached hydrogens (tertiary/aromatic N) is 1. The lowest BCUT2D eigenvalue weighted by molar-refractivity contribution is 0.0728. The van der Waals surface area contributed by atoms with Gasteiger partial charge in [0.1, 0.15) is 0 Å². The molecule has 4 rings (SSSR count). The summed E-state index contributed by atoms with van der Waals surface area (Å²) in [5, 5.41) is 4.52. The Bertz CT molecular complexity index is 1740. The van der Waals surface area contributed by atoms with Gasteiger partial charge in [0.15, 0.2) is 11.5 Å². The number of anilines is 1. The molecule has 1 amide bonds. The number of hydrazone groups is 1. The van der Waals surface area contributed by atoms with Crippen molar-refractivity contribution in [3.05, 3.63) is 117 Å². The van der Waals surface area contributed by atoms with E-state index in [9.17, 15) is 18.0 Å². The van der Waals surface area contributed by atoms with Crippen LogP contribution in [0.5, 0.6) is 11.5 Å².